The Hall–Kier alpha value is -1.20. The molecule has 0 radical (unpaired) electrons. The van der Waals surface area contributed by atoms with Crippen LogP contribution in [0.1, 0.15) is 26.3 Å². The predicted octanol–water partition coefficient (Wildman–Crippen LogP) is 2.94. The Morgan fingerprint density at radius 2 is 1.85 bits per heavy atom. The lowest BCUT2D eigenvalue weighted by Crippen LogP contribution is -2.25. The number of benzene rings is 1. The topological polar surface area (TPSA) is 24.5 Å². The molecule has 0 saturated heterocycles. The Labute approximate surface area is 119 Å². The first-order valence-electron chi connectivity index (χ1n) is 6.95. The molecule has 20 heavy (non-hydrogen) atoms. The monoisotopic (exact) mass is 286 g/mol. The van der Waals surface area contributed by atoms with Gasteiger partial charge in [-0.15, -0.1) is 0 Å². The van der Waals surface area contributed by atoms with E-state index >= 15 is 0 Å². The van der Waals surface area contributed by atoms with Gasteiger partial charge in [0.15, 0.2) is 0 Å². The van der Waals surface area contributed by atoms with Crippen LogP contribution < -0.4 is 10.2 Å². The Morgan fingerprint density at radius 3 is 2.35 bits per heavy atom. The molecule has 0 aromatic heterocycles. The Balaban J connectivity index is 2.77. The lowest BCUT2D eigenvalue weighted by Gasteiger charge is -2.21. The SMILES string of the molecule is CCOCCN(C)c1c(F)cc(CNC(C)C)cc1F. The second-order valence-corrected chi connectivity index (χ2v) is 5.06. The molecule has 0 atom stereocenters. The number of rotatable bonds is 8. The lowest BCUT2D eigenvalue weighted by molar-refractivity contribution is 0.154. The van der Waals surface area contributed by atoms with Gasteiger partial charge in [-0.3, -0.25) is 0 Å². The van der Waals surface area contributed by atoms with Gasteiger partial charge in [-0.05, 0) is 24.6 Å². The van der Waals surface area contributed by atoms with E-state index in [-0.39, 0.29) is 11.7 Å². The maximum atomic E-state index is 14.0. The van der Waals surface area contributed by atoms with E-state index in [1.54, 1.807) is 11.9 Å². The summed E-state index contributed by atoms with van der Waals surface area (Å²) in [7, 11) is 1.66. The molecule has 5 heteroatoms. The van der Waals surface area contributed by atoms with Crippen LogP contribution in [-0.2, 0) is 11.3 Å². The fourth-order valence-corrected chi connectivity index (χ4v) is 1.86. The van der Waals surface area contributed by atoms with E-state index in [0.717, 1.165) is 0 Å². The Kier molecular flexibility index (Phi) is 6.88. The molecule has 0 fully saturated rings. The molecule has 0 aliphatic heterocycles. The highest BCUT2D eigenvalue weighted by Crippen LogP contribution is 2.24. The number of hydrogen-bond acceptors (Lipinski definition) is 3. The molecule has 1 N–H and O–H groups in total. The van der Waals surface area contributed by atoms with Gasteiger partial charge in [0.1, 0.15) is 17.3 Å². The van der Waals surface area contributed by atoms with Crippen molar-refractivity contribution in [2.45, 2.75) is 33.4 Å². The molecular formula is C15H24F2N2O. The summed E-state index contributed by atoms with van der Waals surface area (Å²) in [4.78, 5) is 1.54. The number of anilines is 1. The van der Waals surface area contributed by atoms with Crippen LogP contribution in [0, 0.1) is 11.6 Å². The van der Waals surface area contributed by atoms with Crippen molar-refractivity contribution in [3.8, 4) is 0 Å². The van der Waals surface area contributed by atoms with E-state index in [0.29, 0.717) is 31.9 Å². The van der Waals surface area contributed by atoms with Gasteiger partial charge in [-0.1, -0.05) is 13.8 Å². The van der Waals surface area contributed by atoms with E-state index in [1.165, 1.54) is 12.1 Å². The van der Waals surface area contributed by atoms with Crippen LogP contribution >= 0.6 is 0 Å². The minimum absolute atomic E-state index is 0.00185. The summed E-state index contributed by atoms with van der Waals surface area (Å²) >= 11 is 0. The molecule has 0 spiro atoms. The van der Waals surface area contributed by atoms with Gasteiger partial charge in [0.05, 0.1) is 6.61 Å². The summed E-state index contributed by atoms with van der Waals surface area (Å²) in [6.45, 7) is 7.81. The summed E-state index contributed by atoms with van der Waals surface area (Å²) in [6.07, 6.45) is 0. The van der Waals surface area contributed by atoms with Crippen LogP contribution in [0.25, 0.3) is 0 Å². The van der Waals surface area contributed by atoms with Gasteiger partial charge in [0.25, 0.3) is 0 Å². The Bertz CT molecular complexity index is 401. The fraction of sp³-hybridized carbons (Fsp3) is 0.600. The second kappa shape index (κ2) is 8.17. The molecule has 1 aromatic carbocycles. The molecule has 1 rings (SSSR count). The molecule has 0 unspecified atom stereocenters. The third-order valence-corrected chi connectivity index (χ3v) is 2.95. The van der Waals surface area contributed by atoms with Gasteiger partial charge in [0.2, 0.25) is 0 Å². The van der Waals surface area contributed by atoms with Crippen molar-refractivity contribution in [3.05, 3.63) is 29.3 Å². The highest BCUT2D eigenvalue weighted by Gasteiger charge is 2.15. The molecular weight excluding hydrogens is 262 g/mol. The lowest BCUT2D eigenvalue weighted by atomic mass is 10.1. The molecule has 0 amide bonds. The van der Waals surface area contributed by atoms with Gasteiger partial charge in [-0.2, -0.15) is 0 Å². The van der Waals surface area contributed by atoms with Crippen molar-refractivity contribution < 1.29 is 13.5 Å². The number of halogens is 2. The van der Waals surface area contributed by atoms with Crippen molar-refractivity contribution >= 4 is 5.69 Å². The van der Waals surface area contributed by atoms with Gasteiger partial charge < -0.3 is 15.0 Å². The number of hydrogen-bond donors (Lipinski definition) is 1. The normalized spacial score (nSPS) is 11.2. The molecule has 0 saturated carbocycles. The summed E-state index contributed by atoms with van der Waals surface area (Å²) in [6, 6.07) is 3.03. The van der Waals surface area contributed by atoms with Crippen LogP contribution in [-0.4, -0.2) is 32.8 Å². The predicted molar refractivity (Wildman–Crippen MR) is 78.1 cm³/mol. The zero-order valence-electron chi connectivity index (χ0n) is 12.7. The highest BCUT2D eigenvalue weighted by atomic mass is 19.1. The van der Waals surface area contributed by atoms with Crippen molar-refractivity contribution in [1.29, 1.82) is 0 Å². The molecule has 0 aliphatic rings. The van der Waals surface area contributed by atoms with Gasteiger partial charge in [-0.25, -0.2) is 8.78 Å². The first-order chi connectivity index (χ1) is 9.45. The molecule has 3 nitrogen and oxygen atoms in total. The standard InChI is InChI=1S/C15H24F2N2O/c1-5-20-7-6-19(4)15-13(16)8-12(9-14(15)17)10-18-11(2)3/h8-9,11,18H,5-7,10H2,1-4H3. The van der Waals surface area contributed by atoms with Crippen LogP contribution in [0.15, 0.2) is 12.1 Å². The van der Waals surface area contributed by atoms with Crippen molar-refractivity contribution in [2.24, 2.45) is 0 Å². The average molecular weight is 286 g/mol. The summed E-state index contributed by atoms with van der Waals surface area (Å²) < 4.78 is 33.3. The maximum absolute atomic E-state index is 14.0. The number of nitrogens with one attached hydrogen (secondary N) is 1. The van der Waals surface area contributed by atoms with E-state index in [9.17, 15) is 8.78 Å². The first kappa shape index (κ1) is 16.9. The molecule has 0 aliphatic carbocycles. The highest BCUT2D eigenvalue weighted by molar-refractivity contribution is 5.50. The van der Waals surface area contributed by atoms with Crippen LogP contribution in [0.4, 0.5) is 14.5 Å². The van der Waals surface area contributed by atoms with Gasteiger partial charge >= 0.3 is 0 Å². The van der Waals surface area contributed by atoms with E-state index in [4.69, 9.17) is 4.74 Å². The van der Waals surface area contributed by atoms with E-state index < -0.39 is 11.6 Å². The second-order valence-electron chi connectivity index (χ2n) is 5.06. The first-order valence-corrected chi connectivity index (χ1v) is 6.95. The third kappa shape index (κ3) is 5.06. The van der Waals surface area contributed by atoms with Crippen LogP contribution in [0.2, 0.25) is 0 Å². The van der Waals surface area contributed by atoms with E-state index in [2.05, 4.69) is 5.32 Å². The zero-order chi connectivity index (χ0) is 15.1. The zero-order valence-corrected chi connectivity index (χ0v) is 12.7. The summed E-state index contributed by atoms with van der Waals surface area (Å²) in [5, 5.41) is 3.14. The molecule has 0 heterocycles. The van der Waals surface area contributed by atoms with Crippen molar-refractivity contribution in [3.63, 3.8) is 0 Å². The van der Waals surface area contributed by atoms with Crippen LogP contribution in [0.5, 0.6) is 0 Å². The van der Waals surface area contributed by atoms with E-state index in [1.807, 2.05) is 20.8 Å². The van der Waals surface area contributed by atoms with Gasteiger partial charge in [0, 0.05) is 32.8 Å². The third-order valence-electron chi connectivity index (χ3n) is 2.95. The number of likely N-dealkylation sites (N-methyl/N-ethyl adjacent to an activating group) is 1. The largest absolute Gasteiger partial charge is 0.380 e. The van der Waals surface area contributed by atoms with Crippen molar-refractivity contribution in [2.75, 3.05) is 31.7 Å². The van der Waals surface area contributed by atoms with Crippen molar-refractivity contribution in [1.82, 2.24) is 5.32 Å². The fourth-order valence-electron chi connectivity index (χ4n) is 1.86. The molecule has 114 valence electrons. The smallest absolute Gasteiger partial charge is 0.149 e. The Morgan fingerprint density at radius 1 is 1.25 bits per heavy atom. The average Bonchev–Trinajstić information content (AvgIpc) is 2.36. The minimum Gasteiger partial charge on any atom is -0.380 e. The number of nitrogens with zero attached hydrogens (tertiary/aromatic N) is 1. The van der Waals surface area contributed by atoms with Crippen LogP contribution in [0.3, 0.4) is 0 Å². The minimum atomic E-state index is -0.537. The maximum Gasteiger partial charge on any atom is 0.149 e. The summed E-state index contributed by atoms with van der Waals surface area (Å²) in [5.74, 6) is -1.07. The summed E-state index contributed by atoms with van der Waals surface area (Å²) in [5.41, 5.74) is 0.605. The molecule has 1 aromatic rings. The molecule has 0 bridgehead atoms. The quantitative estimate of drug-likeness (QED) is 0.744. The number of ether oxygens (including phenoxy) is 1.